The molecule has 0 radical (unpaired) electrons. The van der Waals surface area contributed by atoms with Crippen molar-refractivity contribution in [1.29, 1.82) is 0 Å². The molecule has 1 aromatic carbocycles. The molecule has 0 unspecified atom stereocenters. The summed E-state index contributed by atoms with van der Waals surface area (Å²) in [7, 11) is 0. The Bertz CT molecular complexity index is 592. The van der Waals surface area contributed by atoms with E-state index in [-0.39, 0.29) is 12.4 Å². The zero-order valence-electron chi connectivity index (χ0n) is 10.2. The van der Waals surface area contributed by atoms with E-state index in [2.05, 4.69) is 15.4 Å². The van der Waals surface area contributed by atoms with Crippen LogP contribution in [0.1, 0.15) is 11.5 Å². The van der Waals surface area contributed by atoms with Crippen molar-refractivity contribution in [2.75, 3.05) is 5.43 Å². The summed E-state index contributed by atoms with van der Waals surface area (Å²) in [6.45, 7) is 1.67. The van der Waals surface area contributed by atoms with Gasteiger partial charge in [-0.1, -0.05) is 6.07 Å². The molecule has 0 saturated heterocycles. The van der Waals surface area contributed by atoms with Gasteiger partial charge in [0.25, 0.3) is 0 Å². The van der Waals surface area contributed by atoms with Gasteiger partial charge in [-0.15, -0.1) is 0 Å². The predicted molar refractivity (Wildman–Crippen MR) is 65.3 cm³/mol. The summed E-state index contributed by atoms with van der Waals surface area (Å²) in [4.78, 5) is 8.13. The minimum absolute atomic E-state index is 0.0866. The van der Waals surface area contributed by atoms with Crippen LogP contribution in [0.3, 0.4) is 0 Å². The lowest BCUT2D eigenvalue weighted by Gasteiger charge is -2.08. The Morgan fingerprint density at radius 1 is 1.32 bits per heavy atom. The molecular formula is C12H12F2N4O. The normalized spacial score (nSPS) is 10.3. The maximum Gasteiger partial charge on any atom is 0.200 e. The quantitative estimate of drug-likeness (QED) is 0.653. The van der Waals surface area contributed by atoms with Gasteiger partial charge in [0, 0.05) is 11.8 Å². The summed E-state index contributed by atoms with van der Waals surface area (Å²) in [5.74, 6) is 3.80. The van der Waals surface area contributed by atoms with Crippen molar-refractivity contribution in [2.24, 2.45) is 5.84 Å². The Kier molecular flexibility index (Phi) is 3.86. The first-order valence-electron chi connectivity index (χ1n) is 5.48. The summed E-state index contributed by atoms with van der Waals surface area (Å²) >= 11 is 0. The maximum atomic E-state index is 13.4. The molecule has 5 nitrogen and oxygen atoms in total. The van der Waals surface area contributed by atoms with Crippen LogP contribution in [0.15, 0.2) is 24.3 Å². The van der Waals surface area contributed by atoms with E-state index in [1.807, 2.05) is 0 Å². The van der Waals surface area contributed by atoms with Gasteiger partial charge in [0.15, 0.2) is 17.4 Å². The van der Waals surface area contributed by atoms with Crippen molar-refractivity contribution in [2.45, 2.75) is 13.5 Å². The summed E-state index contributed by atoms with van der Waals surface area (Å²) < 4.78 is 31.5. The first kappa shape index (κ1) is 13.2. The van der Waals surface area contributed by atoms with Gasteiger partial charge >= 0.3 is 0 Å². The molecule has 100 valence electrons. The number of benzene rings is 1. The van der Waals surface area contributed by atoms with Crippen LogP contribution in [0, 0.1) is 18.6 Å². The zero-order chi connectivity index (χ0) is 13.8. The lowest BCUT2D eigenvalue weighted by molar-refractivity contribution is 0.276. The van der Waals surface area contributed by atoms with E-state index in [0.717, 1.165) is 6.07 Å². The lowest BCUT2D eigenvalue weighted by atomic mass is 10.3. The van der Waals surface area contributed by atoms with E-state index in [9.17, 15) is 8.78 Å². The molecule has 0 saturated carbocycles. The minimum atomic E-state index is -1.03. The molecule has 2 rings (SSSR count). The van der Waals surface area contributed by atoms with Crippen LogP contribution in [0.25, 0.3) is 0 Å². The van der Waals surface area contributed by atoms with Gasteiger partial charge in [0.05, 0.1) is 0 Å². The molecule has 0 bridgehead atoms. The standard InChI is InChI=1S/C12H12F2N4O/c1-7-5-10(18-15)17-11(16-7)6-19-9-4-2-3-8(13)12(9)14/h2-5H,6,15H2,1H3,(H,16,17,18). The fourth-order valence-corrected chi connectivity index (χ4v) is 1.51. The van der Waals surface area contributed by atoms with Crippen molar-refractivity contribution >= 4 is 5.82 Å². The zero-order valence-corrected chi connectivity index (χ0v) is 10.2. The number of ether oxygens (including phenoxy) is 1. The van der Waals surface area contributed by atoms with Gasteiger partial charge in [-0.3, -0.25) is 0 Å². The summed E-state index contributed by atoms with van der Waals surface area (Å²) in [6, 6.07) is 5.35. The number of aromatic nitrogens is 2. The smallest absolute Gasteiger partial charge is 0.200 e. The molecule has 0 aliphatic rings. The topological polar surface area (TPSA) is 73.1 Å². The van der Waals surface area contributed by atoms with Crippen LogP contribution in [-0.2, 0) is 6.61 Å². The van der Waals surface area contributed by atoms with Crippen LogP contribution in [0.5, 0.6) is 5.75 Å². The number of nitrogens with zero attached hydrogens (tertiary/aromatic N) is 2. The molecule has 0 spiro atoms. The molecule has 0 aliphatic heterocycles. The summed E-state index contributed by atoms with van der Waals surface area (Å²) in [5, 5.41) is 0. The highest BCUT2D eigenvalue weighted by atomic mass is 19.2. The van der Waals surface area contributed by atoms with E-state index in [1.54, 1.807) is 13.0 Å². The van der Waals surface area contributed by atoms with Gasteiger partial charge in [-0.05, 0) is 19.1 Å². The largest absolute Gasteiger partial charge is 0.482 e. The fourth-order valence-electron chi connectivity index (χ4n) is 1.51. The average Bonchev–Trinajstić information content (AvgIpc) is 2.40. The first-order chi connectivity index (χ1) is 9.10. The number of nitrogen functional groups attached to an aromatic ring is 1. The Balaban J connectivity index is 2.14. The Morgan fingerprint density at radius 3 is 2.84 bits per heavy atom. The SMILES string of the molecule is Cc1cc(NN)nc(COc2cccc(F)c2F)n1. The highest BCUT2D eigenvalue weighted by Gasteiger charge is 2.10. The van der Waals surface area contributed by atoms with Crippen molar-refractivity contribution < 1.29 is 13.5 Å². The second-order valence-corrected chi connectivity index (χ2v) is 3.80. The van der Waals surface area contributed by atoms with Crippen molar-refractivity contribution in [3.05, 3.63) is 47.4 Å². The van der Waals surface area contributed by atoms with Crippen LogP contribution >= 0.6 is 0 Å². The van der Waals surface area contributed by atoms with E-state index in [4.69, 9.17) is 10.6 Å². The summed E-state index contributed by atoms with van der Waals surface area (Å²) in [5.41, 5.74) is 3.07. The Morgan fingerprint density at radius 2 is 2.11 bits per heavy atom. The number of halogens is 2. The molecule has 0 atom stereocenters. The third-order valence-corrected chi connectivity index (χ3v) is 2.32. The average molecular weight is 266 g/mol. The van der Waals surface area contributed by atoms with Gasteiger partial charge in [0.2, 0.25) is 5.82 Å². The van der Waals surface area contributed by atoms with Crippen LogP contribution in [0.2, 0.25) is 0 Å². The monoisotopic (exact) mass is 266 g/mol. The number of anilines is 1. The minimum Gasteiger partial charge on any atom is -0.482 e. The second kappa shape index (κ2) is 5.57. The van der Waals surface area contributed by atoms with Gasteiger partial charge in [-0.25, -0.2) is 20.2 Å². The van der Waals surface area contributed by atoms with E-state index in [0.29, 0.717) is 17.3 Å². The fraction of sp³-hybridized carbons (Fsp3) is 0.167. The molecular weight excluding hydrogens is 254 g/mol. The third kappa shape index (κ3) is 3.14. The predicted octanol–water partition coefficient (Wildman–Crippen LogP) is 1.93. The molecule has 7 heteroatoms. The van der Waals surface area contributed by atoms with E-state index >= 15 is 0 Å². The summed E-state index contributed by atoms with van der Waals surface area (Å²) in [6.07, 6.45) is 0. The number of hydrogen-bond donors (Lipinski definition) is 2. The van der Waals surface area contributed by atoms with Gasteiger partial charge in [-0.2, -0.15) is 4.39 Å². The molecule has 1 aromatic heterocycles. The van der Waals surface area contributed by atoms with Crippen molar-refractivity contribution in [3.63, 3.8) is 0 Å². The first-order valence-corrected chi connectivity index (χ1v) is 5.48. The molecule has 0 amide bonds. The number of nitrogens with one attached hydrogen (secondary N) is 1. The number of hydrogen-bond acceptors (Lipinski definition) is 5. The molecule has 2 aromatic rings. The molecule has 19 heavy (non-hydrogen) atoms. The third-order valence-electron chi connectivity index (χ3n) is 2.32. The second-order valence-electron chi connectivity index (χ2n) is 3.80. The molecule has 0 aliphatic carbocycles. The number of aryl methyl sites for hydroxylation is 1. The maximum absolute atomic E-state index is 13.4. The highest BCUT2D eigenvalue weighted by molar-refractivity contribution is 5.34. The van der Waals surface area contributed by atoms with Crippen molar-refractivity contribution in [3.8, 4) is 5.75 Å². The number of nitrogens with two attached hydrogens (primary N) is 1. The highest BCUT2D eigenvalue weighted by Crippen LogP contribution is 2.20. The Hall–Kier alpha value is -2.28. The van der Waals surface area contributed by atoms with Gasteiger partial charge in [0.1, 0.15) is 12.4 Å². The molecule has 3 N–H and O–H groups in total. The van der Waals surface area contributed by atoms with Crippen LogP contribution in [0.4, 0.5) is 14.6 Å². The van der Waals surface area contributed by atoms with Gasteiger partial charge < -0.3 is 10.2 Å². The Labute approximate surface area is 108 Å². The van der Waals surface area contributed by atoms with Crippen LogP contribution < -0.4 is 16.0 Å². The number of rotatable bonds is 4. The van der Waals surface area contributed by atoms with E-state index < -0.39 is 11.6 Å². The van der Waals surface area contributed by atoms with Crippen molar-refractivity contribution in [1.82, 2.24) is 9.97 Å². The molecule has 1 heterocycles. The molecule has 0 fully saturated rings. The lowest BCUT2D eigenvalue weighted by Crippen LogP contribution is -2.12. The number of hydrazine groups is 1. The van der Waals surface area contributed by atoms with Crippen LogP contribution in [-0.4, -0.2) is 9.97 Å². The van der Waals surface area contributed by atoms with E-state index in [1.165, 1.54) is 12.1 Å².